The Kier molecular flexibility index (Phi) is 2.33. The molecule has 0 bridgehead atoms. The molecular formula is C13H10FN3. The van der Waals surface area contributed by atoms with Crippen molar-refractivity contribution in [2.24, 2.45) is 0 Å². The first-order valence-corrected chi connectivity index (χ1v) is 5.36. The van der Waals surface area contributed by atoms with Gasteiger partial charge in [-0.3, -0.25) is 0 Å². The van der Waals surface area contributed by atoms with E-state index in [0.29, 0.717) is 17.6 Å². The molecule has 3 nitrogen and oxygen atoms in total. The summed E-state index contributed by atoms with van der Waals surface area (Å²) in [6.45, 7) is 0. The van der Waals surface area contributed by atoms with E-state index in [1.807, 2.05) is 18.2 Å². The van der Waals surface area contributed by atoms with Crippen LogP contribution in [0.15, 0.2) is 42.6 Å². The Bertz CT molecular complexity index is 627. The van der Waals surface area contributed by atoms with Gasteiger partial charge in [0.2, 0.25) is 0 Å². The van der Waals surface area contributed by atoms with Gasteiger partial charge in [0.25, 0.3) is 0 Å². The molecule has 0 spiro atoms. The third-order valence-electron chi connectivity index (χ3n) is 2.62. The van der Waals surface area contributed by atoms with Gasteiger partial charge in [-0.2, -0.15) is 0 Å². The SMILES string of the molecule is Fc1ccccc1Cc1nc2ncccc2[nH]1. The van der Waals surface area contributed by atoms with Gasteiger partial charge < -0.3 is 4.98 Å². The summed E-state index contributed by atoms with van der Waals surface area (Å²) in [5.41, 5.74) is 2.17. The van der Waals surface area contributed by atoms with E-state index in [1.165, 1.54) is 6.07 Å². The molecule has 4 heteroatoms. The number of nitrogens with one attached hydrogen (secondary N) is 1. The van der Waals surface area contributed by atoms with Gasteiger partial charge in [-0.1, -0.05) is 18.2 Å². The molecular weight excluding hydrogens is 217 g/mol. The maximum Gasteiger partial charge on any atom is 0.177 e. The maximum absolute atomic E-state index is 13.5. The Morgan fingerprint density at radius 2 is 2.00 bits per heavy atom. The molecule has 0 saturated carbocycles. The average molecular weight is 227 g/mol. The lowest BCUT2D eigenvalue weighted by Gasteiger charge is -1.99. The van der Waals surface area contributed by atoms with E-state index < -0.39 is 0 Å². The van der Waals surface area contributed by atoms with E-state index in [-0.39, 0.29) is 5.82 Å². The molecule has 0 unspecified atom stereocenters. The van der Waals surface area contributed by atoms with Crippen molar-refractivity contribution in [3.05, 3.63) is 59.8 Å². The molecule has 2 aromatic heterocycles. The van der Waals surface area contributed by atoms with Crippen LogP contribution in [0.25, 0.3) is 11.2 Å². The Labute approximate surface area is 97.3 Å². The highest BCUT2D eigenvalue weighted by atomic mass is 19.1. The molecule has 0 radical (unpaired) electrons. The van der Waals surface area contributed by atoms with E-state index >= 15 is 0 Å². The van der Waals surface area contributed by atoms with Gasteiger partial charge in [-0.05, 0) is 23.8 Å². The number of benzene rings is 1. The van der Waals surface area contributed by atoms with Crippen LogP contribution in [0.1, 0.15) is 11.4 Å². The summed E-state index contributed by atoms with van der Waals surface area (Å²) in [4.78, 5) is 11.6. The van der Waals surface area contributed by atoms with E-state index in [1.54, 1.807) is 18.3 Å². The number of hydrogen-bond acceptors (Lipinski definition) is 2. The fourth-order valence-electron chi connectivity index (χ4n) is 1.80. The van der Waals surface area contributed by atoms with Gasteiger partial charge in [0.15, 0.2) is 5.65 Å². The second-order valence-electron chi connectivity index (χ2n) is 3.83. The predicted molar refractivity (Wildman–Crippen MR) is 63.1 cm³/mol. The predicted octanol–water partition coefficient (Wildman–Crippen LogP) is 2.69. The first-order valence-electron chi connectivity index (χ1n) is 5.36. The smallest absolute Gasteiger partial charge is 0.177 e. The second kappa shape index (κ2) is 3.97. The fourth-order valence-corrected chi connectivity index (χ4v) is 1.80. The Morgan fingerprint density at radius 1 is 1.12 bits per heavy atom. The molecule has 0 atom stereocenters. The minimum atomic E-state index is -0.207. The molecule has 84 valence electrons. The molecule has 2 heterocycles. The van der Waals surface area contributed by atoms with Crippen molar-refractivity contribution in [1.29, 1.82) is 0 Å². The van der Waals surface area contributed by atoms with E-state index in [9.17, 15) is 4.39 Å². The molecule has 0 aliphatic carbocycles. The van der Waals surface area contributed by atoms with Crippen LogP contribution in [0.3, 0.4) is 0 Å². The van der Waals surface area contributed by atoms with Crippen LogP contribution in [-0.4, -0.2) is 15.0 Å². The van der Waals surface area contributed by atoms with Gasteiger partial charge >= 0.3 is 0 Å². The van der Waals surface area contributed by atoms with Crippen LogP contribution < -0.4 is 0 Å². The van der Waals surface area contributed by atoms with Crippen molar-refractivity contribution in [1.82, 2.24) is 15.0 Å². The highest BCUT2D eigenvalue weighted by Crippen LogP contribution is 2.13. The minimum Gasteiger partial charge on any atom is -0.340 e. The molecule has 0 amide bonds. The molecule has 1 N–H and O–H groups in total. The van der Waals surface area contributed by atoms with Gasteiger partial charge in [0.05, 0.1) is 5.52 Å². The molecule has 3 rings (SSSR count). The Hall–Kier alpha value is -2.23. The zero-order chi connectivity index (χ0) is 11.7. The zero-order valence-corrected chi connectivity index (χ0v) is 9.02. The average Bonchev–Trinajstić information content (AvgIpc) is 2.74. The van der Waals surface area contributed by atoms with Gasteiger partial charge in [-0.15, -0.1) is 0 Å². The number of aromatic nitrogens is 3. The van der Waals surface area contributed by atoms with E-state index in [4.69, 9.17) is 0 Å². The molecule has 1 aromatic carbocycles. The normalized spacial score (nSPS) is 10.9. The van der Waals surface area contributed by atoms with Gasteiger partial charge in [-0.25, -0.2) is 14.4 Å². The number of nitrogens with zero attached hydrogens (tertiary/aromatic N) is 2. The lowest BCUT2D eigenvalue weighted by atomic mass is 10.1. The summed E-state index contributed by atoms with van der Waals surface area (Å²) in [5, 5.41) is 0. The highest BCUT2D eigenvalue weighted by molar-refractivity contribution is 5.69. The van der Waals surface area contributed by atoms with Crippen molar-refractivity contribution in [3.8, 4) is 0 Å². The number of rotatable bonds is 2. The number of halogens is 1. The number of aromatic amines is 1. The van der Waals surface area contributed by atoms with Crippen LogP contribution in [0.4, 0.5) is 4.39 Å². The van der Waals surface area contributed by atoms with Crippen LogP contribution in [-0.2, 0) is 6.42 Å². The van der Waals surface area contributed by atoms with Crippen molar-refractivity contribution < 1.29 is 4.39 Å². The minimum absolute atomic E-state index is 0.207. The number of hydrogen-bond donors (Lipinski definition) is 1. The van der Waals surface area contributed by atoms with Crippen molar-refractivity contribution in [2.45, 2.75) is 6.42 Å². The van der Waals surface area contributed by atoms with Crippen LogP contribution >= 0.6 is 0 Å². The summed E-state index contributed by atoms with van der Waals surface area (Å²) < 4.78 is 13.5. The maximum atomic E-state index is 13.5. The first kappa shape index (κ1) is 9.96. The van der Waals surface area contributed by atoms with Crippen molar-refractivity contribution in [3.63, 3.8) is 0 Å². The third kappa shape index (κ3) is 1.89. The lowest BCUT2D eigenvalue weighted by molar-refractivity contribution is 0.612. The highest BCUT2D eigenvalue weighted by Gasteiger charge is 2.06. The fraction of sp³-hybridized carbons (Fsp3) is 0.0769. The molecule has 17 heavy (non-hydrogen) atoms. The lowest BCUT2D eigenvalue weighted by Crippen LogP contribution is -1.93. The zero-order valence-electron chi connectivity index (χ0n) is 9.02. The van der Waals surface area contributed by atoms with Crippen molar-refractivity contribution in [2.75, 3.05) is 0 Å². The van der Waals surface area contributed by atoms with Crippen LogP contribution in [0.5, 0.6) is 0 Å². The van der Waals surface area contributed by atoms with E-state index in [0.717, 1.165) is 11.3 Å². The molecule has 3 aromatic rings. The largest absolute Gasteiger partial charge is 0.340 e. The Morgan fingerprint density at radius 3 is 2.82 bits per heavy atom. The standard InChI is InChI=1S/C13H10FN3/c14-10-5-2-1-4-9(10)8-12-16-11-6-3-7-15-13(11)17-12/h1-7H,8H2,(H,15,16,17). The van der Waals surface area contributed by atoms with E-state index in [2.05, 4.69) is 15.0 Å². The van der Waals surface area contributed by atoms with Gasteiger partial charge in [0.1, 0.15) is 11.6 Å². The topological polar surface area (TPSA) is 41.6 Å². The van der Waals surface area contributed by atoms with Gasteiger partial charge in [0, 0.05) is 12.6 Å². The number of imidazole rings is 1. The van der Waals surface area contributed by atoms with Crippen LogP contribution in [0, 0.1) is 5.82 Å². The quantitative estimate of drug-likeness (QED) is 0.731. The summed E-state index contributed by atoms with van der Waals surface area (Å²) in [5.74, 6) is 0.518. The Balaban J connectivity index is 1.98. The number of H-pyrrole nitrogens is 1. The van der Waals surface area contributed by atoms with Crippen molar-refractivity contribution >= 4 is 11.2 Å². The molecule has 0 aliphatic rings. The third-order valence-corrected chi connectivity index (χ3v) is 2.62. The molecule has 0 saturated heterocycles. The monoisotopic (exact) mass is 227 g/mol. The summed E-state index contributed by atoms with van der Waals surface area (Å²) in [6.07, 6.45) is 2.14. The summed E-state index contributed by atoms with van der Waals surface area (Å²) >= 11 is 0. The summed E-state index contributed by atoms with van der Waals surface area (Å²) in [7, 11) is 0. The number of pyridine rings is 1. The summed E-state index contributed by atoms with van der Waals surface area (Å²) in [6, 6.07) is 10.5. The second-order valence-corrected chi connectivity index (χ2v) is 3.83. The van der Waals surface area contributed by atoms with Crippen LogP contribution in [0.2, 0.25) is 0 Å². The molecule has 0 fully saturated rings. The number of fused-ring (bicyclic) bond motifs is 1. The molecule has 0 aliphatic heterocycles. The first-order chi connectivity index (χ1) is 8.33.